The summed E-state index contributed by atoms with van der Waals surface area (Å²) in [5.41, 5.74) is 1.59. The van der Waals surface area contributed by atoms with E-state index in [9.17, 15) is 0 Å². The zero-order valence-electron chi connectivity index (χ0n) is 14.7. The normalized spacial score (nSPS) is 13.5. The summed E-state index contributed by atoms with van der Waals surface area (Å²) in [6.45, 7) is 12.4. The van der Waals surface area contributed by atoms with Crippen LogP contribution in [-0.4, -0.2) is 19.2 Å². The first-order valence-corrected chi connectivity index (χ1v) is 8.18. The van der Waals surface area contributed by atoms with Crippen LogP contribution in [0.3, 0.4) is 0 Å². The minimum absolute atomic E-state index is 0.190. The van der Waals surface area contributed by atoms with Gasteiger partial charge in [-0.05, 0) is 69.7 Å². The van der Waals surface area contributed by atoms with Crippen LogP contribution in [0, 0.1) is 11.8 Å². The molecule has 2 nitrogen and oxygen atoms in total. The maximum atomic E-state index is 5.23. The lowest BCUT2D eigenvalue weighted by Gasteiger charge is -2.26. The van der Waals surface area contributed by atoms with Gasteiger partial charge in [0, 0.05) is 5.54 Å². The van der Waals surface area contributed by atoms with E-state index in [0.717, 1.165) is 24.6 Å². The predicted octanol–water partition coefficient (Wildman–Crippen LogP) is 4.68. The molecule has 0 saturated carbocycles. The second-order valence-electron chi connectivity index (χ2n) is 7.52. The first-order chi connectivity index (χ1) is 9.80. The molecule has 0 spiro atoms. The van der Waals surface area contributed by atoms with Crippen LogP contribution in [0.4, 0.5) is 0 Å². The van der Waals surface area contributed by atoms with Crippen molar-refractivity contribution in [3.05, 3.63) is 29.8 Å². The smallest absolute Gasteiger partial charge is 0.118 e. The fourth-order valence-electron chi connectivity index (χ4n) is 2.39. The highest BCUT2D eigenvalue weighted by Gasteiger charge is 2.15. The third-order valence-electron chi connectivity index (χ3n) is 3.76. The molecule has 0 radical (unpaired) electrons. The second kappa shape index (κ2) is 8.43. The monoisotopic (exact) mass is 291 g/mol. The van der Waals surface area contributed by atoms with Gasteiger partial charge in [-0.2, -0.15) is 0 Å². The molecule has 120 valence electrons. The first kappa shape index (κ1) is 18.0. The van der Waals surface area contributed by atoms with E-state index in [-0.39, 0.29) is 5.54 Å². The summed E-state index contributed by atoms with van der Waals surface area (Å²) in [4.78, 5) is 0. The molecule has 1 rings (SSSR count). The van der Waals surface area contributed by atoms with Crippen LogP contribution in [0.25, 0.3) is 0 Å². The molecule has 1 N–H and O–H groups in total. The molecule has 0 saturated heterocycles. The summed E-state index contributed by atoms with van der Waals surface area (Å²) in [6, 6.07) is 8.51. The zero-order chi connectivity index (χ0) is 15.9. The molecule has 0 aliphatic carbocycles. The van der Waals surface area contributed by atoms with Gasteiger partial charge in [-0.25, -0.2) is 0 Å². The number of rotatable bonds is 8. The minimum atomic E-state index is 0.190. The Balaban J connectivity index is 2.61. The third kappa shape index (κ3) is 8.11. The van der Waals surface area contributed by atoms with E-state index in [0.29, 0.717) is 5.92 Å². The van der Waals surface area contributed by atoms with Crippen molar-refractivity contribution in [1.82, 2.24) is 5.32 Å². The van der Waals surface area contributed by atoms with Crippen molar-refractivity contribution in [1.29, 1.82) is 0 Å². The molecule has 0 heterocycles. The van der Waals surface area contributed by atoms with E-state index in [4.69, 9.17) is 4.74 Å². The Morgan fingerprint density at radius 1 is 1.05 bits per heavy atom. The second-order valence-corrected chi connectivity index (χ2v) is 7.52. The molecule has 0 fully saturated rings. The average Bonchev–Trinajstić information content (AvgIpc) is 2.41. The number of hydrogen-bond donors (Lipinski definition) is 1. The van der Waals surface area contributed by atoms with E-state index >= 15 is 0 Å². The van der Waals surface area contributed by atoms with Crippen molar-refractivity contribution >= 4 is 0 Å². The molecule has 0 aromatic heterocycles. The van der Waals surface area contributed by atoms with Crippen LogP contribution in [0.15, 0.2) is 24.3 Å². The van der Waals surface area contributed by atoms with Crippen LogP contribution in [-0.2, 0) is 6.42 Å². The summed E-state index contributed by atoms with van der Waals surface area (Å²) in [6.07, 6.45) is 3.72. The molecule has 0 aliphatic heterocycles. The minimum Gasteiger partial charge on any atom is -0.497 e. The highest BCUT2D eigenvalue weighted by Crippen LogP contribution is 2.20. The van der Waals surface area contributed by atoms with Gasteiger partial charge in [0.05, 0.1) is 7.11 Å². The van der Waals surface area contributed by atoms with Crippen LogP contribution < -0.4 is 10.1 Å². The van der Waals surface area contributed by atoms with E-state index in [1.54, 1.807) is 7.11 Å². The molecule has 21 heavy (non-hydrogen) atoms. The maximum Gasteiger partial charge on any atom is 0.118 e. The quantitative estimate of drug-likeness (QED) is 0.751. The fourth-order valence-corrected chi connectivity index (χ4v) is 2.39. The summed E-state index contributed by atoms with van der Waals surface area (Å²) in [5, 5.41) is 3.66. The lowest BCUT2D eigenvalue weighted by molar-refractivity contribution is 0.340. The molecule has 0 aliphatic rings. The topological polar surface area (TPSA) is 21.3 Å². The Morgan fingerprint density at radius 2 is 1.67 bits per heavy atom. The number of ether oxygens (including phenoxy) is 1. The molecular formula is C19H33NO. The van der Waals surface area contributed by atoms with E-state index in [1.165, 1.54) is 18.4 Å². The van der Waals surface area contributed by atoms with E-state index in [1.807, 2.05) is 0 Å². The van der Waals surface area contributed by atoms with Gasteiger partial charge < -0.3 is 10.1 Å². The number of methoxy groups -OCH3 is 1. The largest absolute Gasteiger partial charge is 0.497 e. The molecule has 1 atom stereocenters. The molecule has 1 unspecified atom stereocenters. The lowest BCUT2D eigenvalue weighted by atomic mass is 9.91. The molecule has 1 aromatic carbocycles. The van der Waals surface area contributed by atoms with Gasteiger partial charge >= 0.3 is 0 Å². The third-order valence-corrected chi connectivity index (χ3v) is 3.76. The summed E-state index contributed by atoms with van der Waals surface area (Å²) in [5.74, 6) is 2.41. The Kier molecular flexibility index (Phi) is 7.24. The predicted molar refractivity (Wildman–Crippen MR) is 92.0 cm³/mol. The van der Waals surface area contributed by atoms with Gasteiger partial charge in [-0.15, -0.1) is 0 Å². The molecule has 2 heteroatoms. The summed E-state index contributed by atoms with van der Waals surface area (Å²) in [7, 11) is 1.72. The number of nitrogens with one attached hydrogen (secondary N) is 1. The zero-order valence-corrected chi connectivity index (χ0v) is 14.7. The van der Waals surface area contributed by atoms with Crippen molar-refractivity contribution in [2.75, 3.05) is 13.7 Å². The highest BCUT2D eigenvalue weighted by atomic mass is 16.5. The highest BCUT2D eigenvalue weighted by molar-refractivity contribution is 5.27. The van der Waals surface area contributed by atoms with Crippen LogP contribution >= 0.6 is 0 Å². The molecule has 1 aromatic rings. The van der Waals surface area contributed by atoms with Gasteiger partial charge in [-0.1, -0.05) is 32.4 Å². The van der Waals surface area contributed by atoms with Crippen molar-refractivity contribution in [3.63, 3.8) is 0 Å². The Hall–Kier alpha value is -1.02. The van der Waals surface area contributed by atoms with E-state index in [2.05, 4.69) is 64.2 Å². The lowest BCUT2D eigenvalue weighted by Crippen LogP contribution is -2.39. The molecular weight excluding hydrogens is 258 g/mol. The summed E-state index contributed by atoms with van der Waals surface area (Å²) >= 11 is 0. The molecule has 0 bridgehead atoms. The Labute approximate surface area is 131 Å². The average molecular weight is 291 g/mol. The van der Waals surface area contributed by atoms with Gasteiger partial charge in [0.15, 0.2) is 0 Å². The van der Waals surface area contributed by atoms with Gasteiger partial charge in [0.2, 0.25) is 0 Å². The molecule has 0 amide bonds. The maximum absolute atomic E-state index is 5.23. The standard InChI is InChI=1S/C19H33NO/c1-15(2)7-8-17(14-20-19(3,4)5)13-16-9-11-18(21-6)12-10-16/h9-12,15,17,20H,7-8,13-14H2,1-6H3. The van der Waals surface area contributed by atoms with Crippen LogP contribution in [0.2, 0.25) is 0 Å². The SMILES string of the molecule is COc1ccc(CC(CCC(C)C)CNC(C)(C)C)cc1. The summed E-state index contributed by atoms with van der Waals surface area (Å²) < 4.78 is 5.23. The van der Waals surface area contributed by atoms with Crippen LogP contribution in [0.5, 0.6) is 5.75 Å². The van der Waals surface area contributed by atoms with Gasteiger partial charge in [0.25, 0.3) is 0 Å². The van der Waals surface area contributed by atoms with Gasteiger partial charge in [-0.3, -0.25) is 0 Å². The Bertz CT molecular complexity index is 389. The van der Waals surface area contributed by atoms with Crippen molar-refractivity contribution < 1.29 is 4.74 Å². The van der Waals surface area contributed by atoms with Crippen molar-refractivity contribution in [3.8, 4) is 5.75 Å². The fraction of sp³-hybridized carbons (Fsp3) is 0.684. The van der Waals surface area contributed by atoms with Crippen molar-refractivity contribution in [2.24, 2.45) is 11.8 Å². The number of benzene rings is 1. The first-order valence-electron chi connectivity index (χ1n) is 8.18. The van der Waals surface area contributed by atoms with Crippen LogP contribution in [0.1, 0.15) is 53.0 Å². The Morgan fingerprint density at radius 3 is 2.14 bits per heavy atom. The van der Waals surface area contributed by atoms with Crippen molar-refractivity contribution in [2.45, 2.75) is 59.4 Å². The van der Waals surface area contributed by atoms with E-state index < -0.39 is 0 Å². The number of hydrogen-bond acceptors (Lipinski definition) is 2. The van der Waals surface area contributed by atoms with Gasteiger partial charge in [0.1, 0.15) is 5.75 Å².